The molecule has 6 nitrogen and oxygen atoms in total. The molecule has 0 saturated heterocycles. The third-order valence-corrected chi connectivity index (χ3v) is 4.36. The van der Waals surface area contributed by atoms with Crippen LogP contribution in [0.2, 0.25) is 0 Å². The molecule has 0 aliphatic heterocycles. The molecule has 0 radical (unpaired) electrons. The largest absolute Gasteiger partial charge is 0.477 e. The van der Waals surface area contributed by atoms with Gasteiger partial charge in [0.15, 0.2) is 12.4 Å². The van der Waals surface area contributed by atoms with Gasteiger partial charge in [0.25, 0.3) is 5.91 Å². The van der Waals surface area contributed by atoms with Crippen LogP contribution < -0.4 is 4.74 Å². The lowest BCUT2D eigenvalue weighted by Gasteiger charge is -2.29. The molecule has 1 amide bonds. The second-order valence-corrected chi connectivity index (χ2v) is 5.98. The average molecular weight is 304 g/mol. The van der Waals surface area contributed by atoms with Crippen LogP contribution in [0.1, 0.15) is 38.5 Å². The Morgan fingerprint density at radius 2 is 1.82 bits per heavy atom. The highest BCUT2D eigenvalue weighted by molar-refractivity contribution is 5.79. The van der Waals surface area contributed by atoms with Crippen molar-refractivity contribution < 1.29 is 14.5 Å². The maximum Gasteiger partial charge on any atom is 0.310 e. The van der Waals surface area contributed by atoms with E-state index in [-0.39, 0.29) is 24.0 Å². The molecule has 0 unspecified atom stereocenters. The summed E-state index contributed by atoms with van der Waals surface area (Å²) in [6.45, 7) is -0.127. The summed E-state index contributed by atoms with van der Waals surface area (Å²) in [7, 11) is 0. The first-order valence-electron chi connectivity index (χ1n) is 7.84. The normalized spacial score (nSPS) is 18.2. The maximum absolute atomic E-state index is 12.5. The Morgan fingerprint density at radius 1 is 1.18 bits per heavy atom. The molecule has 22 heavy (non-hydrogen) atoms. The standard InChI is InChI=1S/C16H20N2O4/c19-16(17(13-9-10-13)12-5-1-2-6-12)11-22-15-8-4-3-7-14(15)18(20)21/h3-4,7-8,12-13H,1-2,5-6,9-11H2. The SMILES string of the molecule is O=C(COc1ccccc1[N+](=O)[O-])N(C1CCCC1)C1CC1. The summed E-state index contributed by atoms with van der Waals surface area (Å²) in [5.74, 6) is 0.107. The van der Waals surface area contributed by atoms with Crippen LogP contribution in [-0.4, -0.2) is 34.4 Å². The lowest BCUT2D eigenvalue weighted by atomic mass is 10.2. The van der Waals surface area contributed by atoms with Crippen molar-refractivity contribution in [3.05, 3.63) is 34.4 Å². The minimum absolute atomic E-state index is 0.0486. The van der Waals surface area contributed by atoms with E-state index in [1.165, 1.54) is 25.0 Å². The number of carbonyl (C=O) groups excluding carboxylic acids is 1. The minimum Gasteiger partial charge on any atom is -0.477 e. The molecule has 2 aliphatic carbocycles. The quantitative estimate of drug-likeness (QED) is 0.598. The number of amides is 1. The van der Waals surface area contributed by atoms with Crippen molar-refractivity contribution in [3.8, 4) is 5.75 Å². The predicted molar refractivity (Wildman–Crippen MR) is 80.7 cm³/mol. The summed E-state index contributed by atoms with van der Waals surface area (Å²) < 4.78 is 5.45. The zero-order valence-corrected chi connectivity index (χ0v) is 12.4. The summed E-state index contributed by atoms with van der Waals surface area (Å²) in [4.78, 5) is 24.9. The highest BCUT2D eigenvalue weighted by Crippen LogP contribution is 2.34. The average Bonchev–Trinajstić information content (AvgIpc) is 3.19. The number of rotatable bonds is 6. The fraction of sp³-hybridized carbons (Fsp3) is 0.562. The second-order valence-electron chi connectivity index (χ2n) is 5.98. The summed E-state index contributed by atoms with van der Waals surface area (Å²) >= 11 is 0. The van der Waals surface area contributed by atoms with Crippen LogP contribution in [-0.2, 0) is 4.79 Å². The molecule has 2 aliphatic rings. The van der Waals surface area contributed by atoms with Gasteiger partial charge in [0, 0.05) is 18.2 Å². The highest BCUT2D eigenvalue weighted by Gasteiger charge is 2.38. The highest BCUT2D eigenvalue weighted by atomic mass is 16.6. The van der Waals surface area contributed by atoms with E-state index in [0.29, 0.717) is 12.1 Å². The van der Waals surface area contributed by atoms with Crippen LogP contribution in [0.25, 0.3) is 0 Å². The van der Waals surface area contributed by atoms with Gasteiger partial charge in [-0.25, -0.2) is 0 Å². The van der Waals surface area contributed by atoms with Crippen LogP contribution in [0.4, 0.5) is 5.69 Å². The molecular formula is C16H20N2O4. The van der Waals surface area contributed by atoms with E-state index >= 15 is 0 Å². The molecule has 0 atom stereocenters. The predicted octanol–water partition coefficient (Wildman–Crippen LogP) is 2.91. The molecule has 6 heteroatoms. The number of para-hydroxylation sites is 2. The number of nitrogens with zero attached hydrogens (tertiary/aromatic N) is 2. The molecule has 118 valence electrons. The fourth-order valence-electron chi connectivity index (χ4n) is 3.18. The number of carbonyl (C=O) groups is 1. The van der Waals surface area contributed by atoms with E-state index in [1.807, 2.05) is 4.90 Å². The number of nitro groups is 1. The van der Waals surface area contributed by atoms with Gasteiger partial charge in [0.05, 0.1) is 4.92 Å². The number of hydrogen-bond acceptors (Lipinski definition) is 4. The van der Waals surface area contributed by atoms with E-state index in [0.717, 1.165) is 25.7 Å². The van der Waals surface area contributed by atoms with Crippen LogP contribution in [0.15, 0.2) is 24.3 Å². The number of benzene rings is 1. The molecule has 2 saturated carbocycles. The van der Waals surface area contributed by atoms with Gasteiger partial charge in [-0.1, -0.05) is 25.0 Å². The van der Waals surface area contributed by atoms with Crippen molar-refractivity contribution in [1.29, 1.82) is 0 Å². The van der Waals surface area contributed by atoms with E-state index in [1.54, 1.807) is 12.1 Å². The first-order valence-corrected chi connectivity index (χ1v) is 7.84. The van der Waals surface area contributed by atoms with Gasteiger partial charge in [-0.2, -0.15) is 0 Å². The van der Waals surface area contributed by atoms with E-state index < -0.39 is 4.92 Å². The third-order valence-electron chi connectivity index (χ3n) is 4.36. The monoisotopic (exact) mass is 304 g/mol. The lowest BCUT2D eigenvalue weighted by Crippen LogP contribution is -2.43. The maximum atomic E-state index is 12.5. The van der Waals surface area contributed by atoms with Gasteiger partial charge in [-0.15, -0.1) is 0 Å². The molecule has 0 N–H and O–H groups in total. The van der Waals surface area contributed by atoms with Crippen LogP contribution in [0.3, 0.4) is 0 Å². The molecule has 0 bridgehead atoms. The first-order chi connectivity index (χ1) is 10.7. The number of nitro benzene ring substituents is 1. The molecule has 0 aromatic heterocycles. The topological polar surface area (TPSA) is 72.7 Å². The molecule has 0 heterocycles. The second kappa shape index (κ2) is 6.34. The smallest absolute Gasteiger partial charge is 0.310 e. The number of hydrogen-bond donors (Lipinski definition) is 0. The van der Waals surface area contributed by atoms with Crippen LogP contribution in [0, 0.1) is 10.1 Å². The Kier molecular flexibility index (Phi) is 4.27. The van der Waals surface area contributed by atoms with E-state index in [4.69, 9.17) is 4.74 Å². The van der Waals surface area contributed by atoms with Gasteiger partial charge in [0.2, 0.25) is 0 Å². The molecule has 1 aromatic rings. The molecule has 3 rings (SSSR count). The van der Waals surface area contributed by atoms with Gasteiger partial charge in [-0.3, -0.25) is 14.9 Å². The van der Waals surface area contributed by atoms with Crippen molar-refractivity contribution in [2.45, 2.75) is 50.6 Å². The van der Waals surface area contributed by atoms with Crippen molar-refractivity contribution in [1.82, 2.24) is 4.90 Å². The van der Waals surface area contributed by atoms with Crippen molar-refractivity contribution >= 4 is 11.6 Å². The van der Waals surface area contributed by atoms with Crippen LogP contribution in [0.5, 0.6) is 5.75 Å². The van der Waals surface area contributed by atoms with Gasteiger partial charge >= 0.3 is 5.69 Å². The Bertz CT molecular complexity index is 565. The van der Waals surface area contributed by atoms with Crippen LogP contribution >= 0.6 is 0 Å². The van der Waals surface area contributed by atoms with Gasteiger partial charge in [-0.05, 0) is 31.7 Å². The van der Waals surface area contributed by atoms with Gasteiger partial charge < -0.3 is 9.64 Å². The lowest BCUT2D eigenvalue weighted by molar-refractivity contribution is -0.385. The van der Waals surface area contributed by atoms with E-state index in [2.05, 4.69) is 0 Å². The summed E-state index contributed by atoms with van der Waals surface area (Å²) in [6.07, 6.45) is 6.60. The first kappa shape index (κ1) is 14.8. The Hall–Kier alpha value is -2.11. The number of ether oxygens (including phenoxy) is 1. The summed E-state index contributed by atoms with van der Waals surface area (Å²) in [5.41, 5.74) is -0.103. The fourth-order valence-corrected chi connectivity index (χ4v) is 3.18. The van der Waals surface area contributed by atoms with Crippen molar-refractivity contribution in [3.63, 3.8) is 0 Å². The Labute approximate surface area is 129 Å². The Morgan fingerprint density at radius 3 is 2.45 bits per heavy atom. The van der Waals surface area contributed by atoms with E-state index in [9.17, 15) is 14.9 Å². The zero-order valence-electron chi connectivity index (χ0n) is 12.4. The third kappa shape index (κ3) is 3.21. The molecule has 2 fully saturated rings. The minimum atomic E-state index is -0.491. The zero-order chi connectivity index (χ0) is 15.5. The molecule has 1 aromatic carbocycles. The summed E-state index contributed by atoms with van der Waals surface area (Å²) in [5, 5.41) is 11.0. The van der Waals surface area contributed by atoms with Gasteiger partial charge in [0.1, 0.15) is 0 Å². The summed E-state index contributed by atoms with van der Waals surface area (Å²) in [6, 6.07) is 6.85. The molecular weight excluding hydrogens is 284 g/mol. The Balaban J connectivity index is 1.65. The molecule has 0 spiro atoms. The van der Waals surface area contributed by atoms with Crippen molar-refractivity contribution in [2.24, 2.45) is 0 Å². The van der Waals surface area contributed by atoms with Crippen molar-refractivity contribution in [2.75, 3.05) is 6.61 Å².